The Morgan fingerprint density at radius 1 is 1.13 bits per heavy atom. The highest BCUT2D eigenvalue weighted by atomic mass is 19.1. The van der Waals surface area contributed by atoms with Crippen LogP contribution in [0.5, 0.6) is 0 Å². The van der Waals surface area contributed by atoms with Gasteiger partial charge in [-0.05, 0) is 36.6 Å². The van der Waals surface area contributed by atoms with Crippen LogP contribution in [0.15, 0.2) is 54.7 Å². The van der Waals surface area contributed by atoms with Gasteiger partial charge in [0.1, 0.15) is 17.2 Å². The minimum atomic E-state index is -0.205. The standard InChI is InChI=1S/C23H25FN6O/c1-31-13-5-12-30-21(17-7-4-8-18(25)14-17)28-20-15-27-23(29-22(20)30)26-11-10-16-6-2-3-9-19(16)24/h2-4,6-9,14-15H,5,10-13,25H2,1H3,(H,26,27,29). The van der Waals surface area contributed by atoms with E-state index in [9.17, 15) is 4.39 Å². The Morgan fingerprint density at radius 3 is 2.81 bits per heavy atom. The van der Waals surface area contributed by atoms with Crippen LogP contribution in [0.4, 0.5) is 16.0 Å². The molecule has 4 rings (SSSR count). The predicted octanol–water partition coefficient (Wildman–Crippen LogP) is 3.91. The van der Waals surface area contributed by atoms with Crippen molar-refractivity contribution in [2.45, 2.75) is 19.4 Å². The Hall–Kier alpha value is -3.52. The quantitative estimate of drug-likeness (QED) is 0.315. The average Bonchev–Trinajstić information content (AvgIpc) is 3.13. The number of aromatic nitrogens is 4. The van der Waals surface area contributed by atoms with Crippen molar-refractivity contribution in [2.24, 2.45) is 0 Å². The fraction of sp³-hybridized carbons (Fsp3) is 0.261. The molecule has 2 aromatic heterocycles. The van der Waals surface area contributed by atoms with Crippen molar-refractivity contribution in [2.75, 3.05) is 31.3 Å². The summed E-state index contributed by atoms with van der Waals surface area (Å²) in [5, 5.41) is 3.19. The minimum absolute atomic E-state index is 0.205. The van der Waals surface area contributed by atoms with Gasteiger partial charge in [0.05, 0.1) is 6.20 Å². The second-order valence-corrected chi connectivity index (χ2v) is 7.23. The third-order valence-electron chi connectivity index (χ3n) is 5.00. The van der Waals surface area contributed by atoms with Crippen LogP contribution < -0.4 is 11.1 Å². The second kappa shape index (κ2) is 9.53. The number of aryl methyl sites for hydroxylation is 1. The largest absolute Gasteiger partial charge is 0.399 e. The summed E-state index contributed by atoms with van der Waals surface area (Å²) in [6.45, 7) is 1.85. The maximum Gasteiger partial charge on any atom is 0.224 e. The molecule has 2 heterocycles. The maximum atomic E-state index is 13.8. The number of anilines is 2. The van der Waals surface area contributed by atoms with Crippen LogP contribution in [0.2, 0.25) is 0 Å². The smallest absolute Gasteiger partial charge is 0.224 e. The molecule has 3 N–H and O–H groups in total. The molecule has 0 fully saturated rings. The summed E-state index contributed by atoms with van der Waals surface area (Å²) in [5.74, 6) is 1.07. The molecule has 0 aliphatic heterocycles. The molecular weight excluding hydrogens is 395 g/mol. The molecular formula is C23H25FN6O. The van der Waals surface area contributed by atoms with E-state index in [1.54, 1.807) is 25.4 Å². The molecule has 7 nitrogen and oxygen atoms in total. The molecule has 160 valence electrons. The van der Waals surface area contributed by atoms with Gasteiger partial charge in [0.15, 0.2) is 5.65 Å². The number of imidazole rings is 1. The monoisotopic (exact) mass is 420 g/mol. The first kappa shape index (κ1) is 20.7. The molecule has 0 spiro atoms. The van der Waals surface area contributed by atoms with Crippen LogP contribution >= 0.6 is 0 Å². The van der Waals surface area contributed by atoms with Gasteiger partial charge in [-0.15, -0.1) is 0 Å². The molecule has 0 bridgehead atoms. The Labute approximate surface area is 180 Å². The van der Waals surface area contributed by atoms with Crippen molar-refractivity contribution in [1.29, 1.82) is 0 Å². The van der Waals surface area contributed by atoms with Crippen LogP contribution in [0.25, 0.3) is 22.6 Å². The number of fused-ring (bicyclic) bond motifs is 1. The van der Waals surface area contributed by atoms with E-state index in [1.165, 1.54) is 6.07 Å². The lowest BCUT2D eigenvalue weighted by atomic mass is 10.1. The van der Waals surface area contributed by atoms with Crippen LogP contribution in [0.1, 0.15) is 12.0 Å². The summed E-state index contributed by atoms with van der Waals surface area (Å²) in [6, 6.07) is 14.4. The fourth-order valence-electron chi connectivity index (χ4n) is 3.49. The number of rotatable bonds is 9. The maximum absolute atomic E-state index is 13.8. The van der Waals surface area contributed by atoms with E-state index in [4.69, 9.17) is 15.5 Å². The lowest BCUT2D eigenvalue weighted by Gasteiger charge is -2.10. The summed E-state index contributed by atoms with van der Waals surface area (Å²) in [4.78, 5) is 13.8. The predicted molar refractivity (Wildman–Crippen MR) is 120 cm³/mol. The summed E-state index contributed by atoms with van der Waals surface area (Å²) in [5.41, 5.74) is 9.67. The van der Waals surface area contributed by atoms with Crippen LogP contribution in [0, 0.1) is 5.82 Å². The second-order valence-electron chi connectivity index (χ2n) is 7.23. The third-order valence-corrected chi connectivity index (χ3v) is 5.00. The topological polar surface area (TPSA) is 90.9 Å². The first-order valence-corrected chi connectivity index (χ1v) is 10.2. The highest BCUT2D eigenvalue weighted by Gasteiger charge is 2.15. The Kier molecular flexibility index (Phi) is 6.37. The summed E-state index contributed by atoms with van der Waals surface area (Å²) < 4.78 is 21.1. The molecule has 0 aliphatic carbocycles. The number of hydrogen-bond donors (Lipinski definition) is 2. The van der Waals surface area contributed by atoms with Gasteiger partial charge in [-0.1, -0.05) is 30.3 Å². The molecule has 0 unspecified atom stereocenters. The van der Waals surface area contributed by atoms with Gasteiger partial charge >= 0.3 is 0 Å². The van der Waals surface area contributed by atoms with E-state index in [0.717, 1.165) is 23.5 Å². The molecule has 0 saturated carbocycles. The van der Waals surface area contributed by atoms with Crippen molar-refractivity contribution >= 4 is 22.8 Å². The Balaban J connectivity index is 1.61. The van der Waals surface area contributed by atoms with Crippen molar-refractivity contribution < 1.29 is 9.13 Å². The number of halogens is 1. The van der Waals surface area contributed by atoms with Gasteiger partial charge in [0.2, 0.25) is 5.95 Å². The molecule has 0 saturated heterocycles. The van der Waals surface area contributed by atoms with Crippen LogP contribution in [0.3, 0.4) is 0 Å². The van der Waals surface area contributed by atoms with E-state index in [0.29, 0.717) is 48.8 Å². The van der Waals surface area contributed by atoms with Gasteiger partial charge in [0, 0.05) is 38.1 Å². The molecule has 0 radical (unpaired) electrons. The molecule has 2 aromatic carbocycles. The number of nitrogen functional groups attached to an aromatic ring is 1. The normalized spacial score (nSPS) is 11.2. The van der Waals surface area contributed by atoms with Crippen molar-refractivity contribution in [3.05, 3.63) is 66.1 Å². The van der Waals surface area contributed by atoms with Gasteiger partial charge < -0.3 is 20.4 Å². The van der Waals surface area contributed by atoms with E-state index in [1.807, 2.05) is 30.3 Å². The number of nitrogens with zero attached hydrogens (tertiary/aromatic N) is 4. The first-order chi connectivity index (χ1) is 15.2. The number of ether oxygens (including phenoxy) is 1. The molecule has 4 aromatic rings. The summed E-state index contributed by atoms with van der Waals surface area (Å²) >= 11 is 0. The zero-order chi connectivity index (χ0) is 21.6. The summed E-state index contributed by atoms with van der Waals surface area (Å²) in [7, 11) is 1.69. The van der Waals surface area contributed by atoms with Gasteiger partial charge in [-0.25, -0.2) is 14.4 Å². The highest BCUT2D eigenvalue weighted by Crippen LogP contribution is 2.26. The molecule has 0 aliphatic rings. The molecule has 31 heavy (non-hydrogen) atoms. The van der Waals surface area contributed by atoms with Crippen molar-refractivity contribution in [1.82, 2.24) is 19.5 Å². The average molecular weight is 420 g/mol. The zero-order valence-corrected chi connectivity index (χ0v) is 17.4. The molecule has 8 heteroatoms. The third kappa shape index (κ3) is 4.80. The van der Waals surface area contributed by atoms with E-state index >= 15 is 0 Å². The number of hydrogen-bond acceptors (Lipinski definition) is 6. The SMILES string of the molecule is COCCCn1c(-c2cccc(N)c2)nc2cnc(NCCc3ccccc3F)nc21. The minimum Gasteiger partial charge on any atom is -0.399 e. The Bertz CT molecular complexity index is 1180. The number of nitrogens with two attached hydrogens (primary N) is 1. The van der Waals surface area contributed by atoms with E-state index < -0.39 is 0 Å². The van der Waals surface area contributed by atoms with E-state index in [2.05, 4.69) is 19.9 Å². The molecule has 0 atom stereocenters. The number of nitrogens with one attached hydrogen (secondary N) is 1. The number of benzene rings is 2. The fourth-order valence-corrected chi connectivity index (χ4v) is 3.49. The van der Waals surface area contributed by atoms with Gasteiger partial charge in [-0.3, -0.25) is 0 Å². The first-order valence-electron chi connectivity index (χ1n) is 10.2. The van der Waals surface area contributed by atoms with Crippen molar-refractivity contribution in [3.63, 3.8) is 0 Å². The lowest BCUT2D eigenvalue weighted by molar-refractivity contribution is 0.191. The Morgan fingerprint density at radius 2 is 2.00 bits per heavy atom. The number of methoxy groups -OCH3 is 1. The zero-order valence-electron chi connectivity index (χ0n) is 17.4. The van der Waals surface area contributed by atoms with Crippen LogP contribution in [-0.2, 0) is 17.7 Å². The highest BCUT2D eigenvalue weighted by molar-refractivity contribution is 5.78. The lowest BCUT2D eigenvalue weighted by Crippen LogP contribution is -2.10. The van der Waals surface area contributed by atoms with Gasteiger partial charge in [0.25, 0.3) is 0 Å². The molecule has 0 amide bonds. The summed E-state index contributed by atoms with van der Waals surface area (Å²) in [6.07, 6.45) is 3.06. The van der Waals surface area contributed by atoms with E-state index in [-0.39, 0.29) is 5.82 Å². The van der Waals surface area contributed by atoms with Crippen molar-refractivity contribution in [3.8, 4) is 11.4 Å². The van der Waals surface area contributed by atoms with Gasteiger partial charge in [-0.2, -0.15) is 4.98 Å². The van der Waals surface area contributed by atoms with Crippen LogP contribution in [-0.4, -0.2) is 39.8 Å².